The fourth-order valence-corrected chi connectivity index (χ4v) is 3.50. The average Bonchev–Trinajstić information content (AvgIpc) is 3.03. The van der Waals surface area contributed by atoms with Gasteiger partial charge in [-0.15, -0.1) is 10.2 Å². The van der Waals surface area contributed by atoms with Gasteiger partial charge in [-0.25, -0.2) is 4.39 Å². The lowest BCUT2D eigenvalue weighted by atomic mass is 10.1. The van der Waals surface area contributed by atoms with E-state index >= 15 is 0 Å². The molecule has 24 heavy (non-hydrogen) atoms. The summed E-state index contributed by atoms with van der Waals surface area (Å²) in [5, 5.41) is 18.8. The van der Waals surface area contributed by atoms with E-state index < -0.39 is 5.82 Å². The molecule has 2 heterocycles. The number of halogens is 1. The molecular formula is C16H18FN5OS. The van der Waals surface area contributed by atoms with Crippen LogP contribution in [-0.2, 0) is 6.54 Å². The van der Waals surface area contributed by atoms with Crippen LogP contribution in [0.2, 0.25) is 0 Å². The monoisotopic (exact) mass is 347 g/mol. The van der Waals surface area contributed by atoms with Crippen molar-refractivity contribution in [3.8, 4) is 11.3 Å². The summed E-state index contributed by atoms with van der Waals surface area (Å²) in [7, 11) is 0. The van der Waals surface area contributed by atoms with Crippen LogP contribution in [0.15, 0.2) is 18.2 Å². The maximum atomic E-state index is 13.7. The lowest BCUT2D eigenvalue weighted by molar-refractivity contribution is 0.249. The van der Waals surface area contributed by atoms with Gasteiger partial charge in [0.1, 0.15) is 22.5 Å². The van der Waals surface area contributed by atoms with E-state index in [0.717, 1.165) is 37.7 Å². The molecule has 126 valence electrons. The van der Waals surface area contributed by atoms with Crippen LogP contribution in [0.4, 0.5) is 10.1 Å². The highest BCUT2D eigenvalue weighted by Gasteiger charge is 2.21. The molecule has 1 aromatic carbocycles. The summed E-state index contributed by atoms with van der Waals surface area (Å²) in [5.41, 5.74) is 0.795. The molecule has 0 aliphatic carbocycles. The smallest absolute Gasteiger partial charge is 0.294 e. The predicted octanol–water partition coefficient (Wildman–Crippen LogP) is 2.27. The van der Waals surface area contributed by atoms with Gasteiger partial charge in [0.2, 0.25) is 0 Å². The number of aromatic nitrogens is 2. The van der Waals surface area contributed by atoms with Crippen molar-refractivity contribution in [3.05, 3.63) is 34.6 Å². The second kappa shape index (κ2) is 7.55. The van der Waals surface area contributed by atoms with Crippen molar-refractivity contribution in [1.29, 1.82) is 5.26 Å². The van der Waals surface area contributed by atoms with Crippen LogP contribution in [0.1, 0.15) is 17.5 Å². The van der Waals surface area contributed by atoms with Gasteiger partial charge < -0.3 is 9.64 Å². The molecule has 3 rings (SSSR count). The second-order valence-corrected chi connectivity index (χ2v) is 6.43. The number of piperazine rings is 1. The van der Waals surface area contributed by atoms with Crippen LogP contribution in [0.25, 0.3) is 0 Å². The predicted molar refractivity (Wildman–Crippen MR) is 89.7 cm³/mol. The standard InChI is InChI=1S/C16H18FN5OS/c1-2-23-16-20-19-15(24-16)11-21-6-8-22(9-7-21)14-5-3-4-13(17)12(14)10-18/h3-5H,2,6-9,11H2,1H3. The molecule has 1 aliphatic rings. The van der Waals surface area contributed by atoms with Crippen LogP contribution in [0, 0.1) is 17.1 Å². The first kappa shape index (κ1) is 16.6. The van der Waals surface area contributed by atoms with E-state index in [2.05, 4.69) is 20.0 Å². The van der Waals surface area contributed by atoms with Crippen molar-refractivity contribution in [1.82, 2.24) is 15.1 Å². The van der Waals surface area contributed by atoms with Gasteiger partial charge in [-0.1, -0.05) is 17.4 Å². The maximum Gasteiger partial charge on any atom is 0.294 e. The number of nitriles is 1. The van der Waals surface area contributed by atoms with E-state index in [1.807, 2.05) is 13.0 Å². The first-order chi connectivity index (χ1) is 11.7. The molecule has 0 saturated carbocycles. The maximum absolute atomic E-state index is 13.7. The Labute approximate surface area is 144 Å². The lowest BCUT2D eigenvalue weighted by Gasteiger charge is -2.36. The topological polar surface area (TPSA) is 65.3 Å². The minimum atomic E-state index is -0.463. The highest BCUT2D eigenvalue weighted by molar-refractivity contribution is 7.13. The van der Waals surface area contributed by atoms with E-state index in [-0.39, 0.29) is 5.56 Å². The van der Waals surface area contributed by atoms with Crippen molar-refractivity contribution in [2.45, 2.75) is 13.5 Å². The number of hydrogen-bond acceptors (Lipinski definition) is 7. The van der Waals surface area contributed by atoms with E-state index in [1.165, 1.54) is 17.4 Å². The molecule has 0 atom stereocenters. The minimum Gasteiger partial charge on any atom is -0.469 e. The molecular weight excluding hydrogens is 329 g/mol. The molecule has 0 radical (unpaired) electrons. The molecule has 2 aromatic rings. The van der Waals surface area contributed by atoms with E-state index in [4.69, 9.17) is 4.74 Å². The molecule has 6 nitrogen and oxygen atoms in total. The van der Waals surface area contributed by atoms with Crippen LogP contribution in [0.5, 0.6) is 5.19 Å². The molecule has 0 bridgehead atoms. The van der Waals surface area contributed by atoms with Gasteiger partial charge in [0.25, 0.3) is 5.19 Å². The van der Waals surface area contributed by atoms with Gasteiger partial charge in [-0.05, 0) is 19.1 Å². The molecule has 1 fully saturated rings. The van der Waals surface area contributed by atoms with E-state index in [9.17, 15) is 9.65 Å². The number of ether oxygens (including phenoxy) is 1. The van der Waals surface area contributed by atoms with Gasteiger partial charge in [0, 0.05) is 26.2 Å². The zero-order valence-corrected chi connectivity index (χ0v) is 14.2. The van der Waals surface area contributed by atoms with Crippen molar-refractivity contribution in [2.24, 2.45) is 0 Å². The number of benzene rings is 1. The van der Waals surface area contributed by atoms with Crippen LogP contribution < -0.4 is 9.64 Å². The third-order valence-corrected chi connectivity index (χ3v) is 4.71. The molecule has 1 aliphatic heterocycles. The van der Waals surface area contributed by atoms with Gasteiger partial charge in [0.05, 0.1) is 18.8 Å². The summed E-state index contributed by atoms with van der Waals surface area (Å²) in [6.07, 6.45) is 0. The summed E-state index contributed by atoms with van der Waals surface area (Å²) in [6.45, 7) is 6.37. The SMILES string of the molecule is CCOc1nnc(CN2CCN(c3cccc(F)c3C#N)CC2)s1. The van der Waals surface area contributed by atoms with Gasteiger partial charge in [0.15, 0.2) is 0 Å². The number of anilines is 1. The first-order valence-corrected chi connectivity index (χ1v) is 8.64. The summed E-state index contributed by atoms with van der Waals surface area (Å²) < 4.78 is 19.1. The number of rotatable bonds is 5. The van der Waals surface area contributed by atoms with Crippen molar-refractivity contribution in [2.75, 3.05) is 37.7 Å². The molecule has 8 heteroatoms. The van der Waals surface area contributed by atoms with Gasteiger partial charge in [-0.2, -0.15) is 5.26 Å². The van der Waals surface area contributed by atoms with Crippen molar-refractivity contribution >= 4 is 17.0 Å². The van der Waals surface area contributed by atoms with Crippen molar-refractivity contribution in [3.63, 3.8) is 0 Å². The Morgan fingerprint density at radius 3 is 2.79 bits per heavy atom. The van der Waals surface area contributed by atoms with Crippen LogP contribution in [-0.4, -0.2) is 47.9 Å². The Balaban J connectivity index is 1.60. The third-order valence-electron chi connectivity index (χ3n) is 3.89. The Morgan fingerprint density at radius 1 is 1.29 bits per heavy atom. The highest BCUT2D eigenvalue weighted by Crippen LogP contribution is 2.25. The largest absolute Gasteiger partial charge is 0.469 e. The second-order valence-electron chi connectivity index (χ2n) is 5.40. The average molecular weight is 347 g/mol. The molecule has 0 amide bonds. The molecule has 0 unspecified atom stereocenters. The summed E-state index contributed by atoms with van der Waals surface area (Å²) in [4.78, 5) is 4.34. The van der Waals surface area contributed by atoms with Crippen LogP contribution in [0.3, 0.4) is 0 Å². The lowest BCUT2D eigenvalue weighted by Crippen LogP contribution is -2.46. The molecule has 0 spiro atoms. The van der Waals surface area contributed by atoms with Gasteiger partial charge >= 0.3 is 0 Å². The molecule has 0 N–H and O–H groups in total. The fourth-order valence-electron chi connectivity index (χ4n) is 2.71. The zero-order chi connectivity index (χ0) is 16.9. The zero-order valence-electron chi connectivity index (χ0n) is 13.4. The summed E-state index contributed by atoms with van der Waals surface area (Å²) in [6, 6.07) is 6.74. The molecule has 1 saturated heterocycles. The fraction of sp³-hybridized carbons (Fsp3) is 0.438. The Bertz CT molecular complexity index is 736. The molecule has 1 aromatic heterocycles. The minimum absolute atomic E-state index is 0.122. The van der Waals surface area contributed by atoms with Crippen LogP contribution >= 0.6 is 11.3 Å². The Hall–Kier alpha value is -2.24. The quantitative estimate of drug-likeness (QED) is 0.827. The summed E-state index contributed by atoms with van der Waals surface area (Å²) in [5.74, 6) is -0.463. The van der Waals surface area contributed by atoms with Crippen molar-refractivity contribution < 1.29 is 9.13 Å². The number of nitrogens with zero attached hydrogens (tertiary/aromatic N) is 5. The third kappa shape index (κ3) is 3.63. The number of hydrogen-bond donors (Lipinski definition) is 0. The van der Waals surface area contributed by atoms with E-state index in [1.54, 1.807) is 12.1 Å². The highest BCUT2D eigenvalue weighted by atomic mass is 32.1. The summed E-state index contributed by atoms with van der Waals surface area (Å²) >= 11 is 1.46. The van der Waals surface area contributed by atoms with Gasteiger partial charge in [-0.3, -0.25) is 4.90 Å². The first-order valence-electron chi connectivity index (χ1n) is 7.82. The Kier molecular flexibility index (Phi) is 5.23. The van der Waals surface area contributed by atoms with E-state index in [0.29, 0.717) is 17.5 Å². The normalized spacial score (nSPS) is 15.3. The Morgan fingerprint density at radius 2 is 2.08 bits per heavy atom.